The van der Waals surface area contributed by atoms with Gasteiger partial charge in [0, 0.05) is 70.1 Å². The summed E-state index contributed by atoms with van der Waals surface area (Å²) in [6, 6.07) is 12.6. The fourth-order valence-corrected chi connectivity index (χ4v) is 8.98. The summed E-state index contributed by atoms with van der Waals surface area (Å²) in [5.74, 6) is 0.866. The van der Waals surface area contributed by atoms with Crippen LogP contribution in [0.4, 0.5) is 4.39 Å². The van der Waals surface area contributed by atoms with Crippen LogP contribution in [-0.4, -0.2) is 57.6 Å². The molecule has 7 nitrogen and oxygen atoms in total. The average Bonchev–Trinajstić information content (AvgIpc) is 3.89. The van der Waals surface area contributed by atoms with Gasteiger partial charge in [-0.2, -0.15) is 0 Å². The van der Waals surface area contributed by atoms with Crippen molar-refractivity contribution in [3.05, 3.63) is 131 Å². The van der Waals surface area contributed by atoms with Gasteiger partial charge < -0.3 is 9.64 Å². The summed E-state index contributed by atoms with van der Waals surface area (Å²) >= 11 is 1.50. The molecule has 0 radical (unpaired) electrons. The van der Waals surface area contributed by atoms with E-state index in [1.54, 1.807) is 30.5 Å². The highest BCUT2D eigenvalue weighted by atomic mass is 32.1. The molecule has 0 bridgehead atoms. The van der Waals surface area contributed by atoms with Gasteiger partial charge in [0.15, 0.2) is 11.6 Å². The predicted molar refractivity (Wildman–Crippen MR) is 233 cm³/mol. The van der Waals surface area contributed by atoms with Crippen LogP contribution in [-0.2, 0) is 22.6 Å². The van der Waals surface area contributed by atoms with Crippen molar-refractivity contribution < 1.29 is 18.7 Å². The molecule has 2 fully saturated rings. The van der Waals surface area contributed by atoms with E-state index in [1.165, 1.54) is 53.4 Å². The Morgan fingerprint density at radius 1 is 0.966 bits per heavy atom. The number of pyridine rings is 2. The van der Waals surface area contributed by atoms with E-state index in [0.29, 0.717) is 36.7 Å². The molecule has 2 aliphatic carbocycles. The molecule has 0 spiro atoms. The van der Waals surface area contributed by atoms with Crippen molar-refractivity contribution in [2.75, 3.05) is 26.2 Å². The number of rotatable bonds is 14. The highest BCUT2D eigenvalue weighted by molar-refractivity contribution is 7.22. The standard InChI is InChI=1S/C49H55FN4O3S/c1-33(11-16-40-35(3)10-7-20-49(40,4)5)8-6-9-34(2)26-47(56)54-24-22-53(23-25-54)32-38-14-17-42(52-31-38)46-30-43-48(58-46)45(19-21-51-43)57-44-18-15-37(29-41(44)50)28-39(55)27-36-12-13-36/h6,8-9,11,14-19,21,26,29-31,36H,7,10,12-13,20,22-25,27-28,32H2,1-5H3/b9-6+,16-11+,33-8+,34-26+. The van der Waals surface area contributed by atoms with E-state index in [1.807, 2.05) is 42.3 Å². The monoisotopic (exact) mass is 798 g/mol. The summed E-state index contributed by atoms with van der Waals surface area (Å²) in [6.45, 7) is 14.7. The number of benzene rings is 1. The van der Waals surface area contributed by atoms with Crippen molar-refractivity contribution in [1.29, 1.82) is 0 Å². The van der Waals surface area contributed by atoms with E-state index < -0.39 is 5.82 Å². The molecule has 1 saturated carbocycles. The van der Waals surface area contributed by atoms with Crippen LogP contribution in [0.1, 0.15) is 84.3 Å². The van der Waals surface area contributed by atoms with Gasteiger partial charge in [-0.25, -0.2) is 4.39 Å². The largest absolute Gasteiger partial charge is 0.453 e. The number of nitrogens with zero attached hydrogens (tertiary/aromatic N) is 4. The zero-order valence-electron chi connectivity index (χ0n) is 34.5. The van der Waals surface area contributed by atoms with Crippen molar-refractivity contribution >= 4 is 33.2 Å². The van der Waals surface area contributed by atoms with Gasteiger partial charge in [-0.1, -0.05) is 67.5 Å². The number of hydrogen-bond acceptors (Lipinski definition) is 7. The van der Waals surface area contributed by atoms with Crippen LogP contribution in [0.25, 0.3) is 20.8 Å². The molecule has 1 aliphatic heterocycles. The second kappa shape index (κ2) is 18.3. The quantitative estimate of drug-likeness (QED) is 0.0934. The van der Waals surface area contributed by atoms with E-state index in [-0.39, 0.29) is 29.3 Å². The smallest absolute Gasteiger partial charge is 0.246 e. The van der Waals surface area contributed by atoms with E-state index in [9.17, 15) is 9.59 Å². The molecule has 4 aromatic rings. The predicted octanol–water partition coefficient (Wildman–Crippen LogP) is 11.4. The zero-order valence-corrected chi connectivity index (χ0v) is 35.3. The molecule has 0 atom stereocenters. The number of Topliss-reactive ketones (excluding diaryl/α,β-unsaturated/α-hetero) is 1. The van der Waals surface area contributed by atoms with Gasteiger partial charge in [0.25, 0.3) is 0 Å². The van der Waals surface area contributed by atoms with Crippen molar-refractivity contribution in [2.45, 2.75) is 86.1 Å². The third kappa shape index (κ3) is 10.7. The first-order valence-corrected chi connectivity index (χ1v) is 21.5. The maximum Gasteiger partial charge on any atom is 0.246 e. The van der Waals surface area contributed by atoms with Crippen LogP contribution >= 0.6 is 11.3 Å². The molecule has 3 aliphatic rings. The lowest BCUT2D eigenvalue weighted by atomic mass is 9.72. The summed E-state index contributed by atoms with van der Waals surface area (Å²) in [4.78, 5) is 39.9. The lowest BCUT2D eigenvalue weighted by Crippen LogP contribution is -2.47. The number of amides is 1. The van der Waals surface area contributed by atoms with E-state index in [0.717, 1.165) is 64.4 Å². The Labute approximate surface area is 346 Å². The number of halogens is 1. The number of piperazine rings is 1. The Bertz CT molecular complexity index is 2300. The number of ether oxygens (including phenoxy) is 1. The topological polar surface area (TPSA) is 75.6 Å². The molecule has 1 aromatic carbocycles. The number of thiophene rings is 1. The first kappa shape index (κ1) is 41.2. The van der Waals surface area contributed by atoms with Crippen molar-refractivity contribution in [2.24, 2.45) is 11.3 Å². The van der Waals surface area contributed by atoms with Crippen LogP contribution in [0.5, 0.6) is 11.5 Å². The van der Waals surface area contributed by atoms with E-state index in [2.05, 4.69) is 61.9 Å². The third-order valence-corrected chi connectivity index (χ3v) is 12.7. The Morgan fingerprint density at radius 3 is 2.48 bits per heavy atom. The van der Waals surface area contributed by atoms with Gasteiger partial charge in [0.05, 0.1) is 20.8 Å². The van der Waals surface area contributed by atoms with E-state index >= 15 is 4.39 Å². The Hall–Kier alpha value is -4.99. The highest BCUT2D eigenvalue weighted by Crippen LogP contribution is 2.41. The third-order valence-electron chi connectivity index (χ3n) is 11.5. The second-order valence-corrected chi connectivity index (χ2v) is 18.0. The fourth-order valence-electron chi connectivity index (χ4n) is 7.94. The van der Waals surface area contributed by atoms with Gasteiger partial charge in [0.2, 0.25) is 5.91 Å². The van der Waals surface area contributed by atoms with Gasteiger partial charge in [-0.3, -0.25) is 24.5 Å². The van der Waals surface area contributed by atoms with Crippen LogP contribution < -0.4 is 4.74 Å². The SMILES string of the molecule is CC1=C(/C=C/C(C)=C/C=C/C(C)=C/C(=O)N2CCN(Cc3ccc(-c4cc5nccc(Oc6ccc(CC(=O)CC7CC7)cc6F)c5s4)nc3)CC2)C(C)(C)CCC1. The maximum atomic E-state index is 15.1. The lowest BCUT2D eigenvalue weighted by molar-refractivity contribution is -0.127. The molecule has 0 unspecified atom stereocenters. The maximum absolute atomic E-state index is 15.1. The number of aromatic nitrogens is 2. The summed E-state index contributed by atoms with van der Waals surface area (Å²) in [6.07, 6.45) is 22.7. The minimum absolute atomic E-state index is 0.0527. The molecule has 0 N–H and O–H groups in total. The van der Waals surface area contributed by atoms with Gasteiger partial charge in [0.1, 0.15) is 11.5 Å². The van der Waals surface area contributed by atoms with Crippen molar-refractivity contribution in [3.8, 4) is 22.1 Å². The molecule has 7 rings (SSSR count). The highest BCUT2D eigenvalue weighted by Gasteiger charge is 2.27. The first-order chi connectivity index (χ1) is 27.9. The van der Waals surface area contributed by atoms with Crippen molar-refractivity contribution in [3.63, 3.8) is 0 Å². The van der Waals surface area contributed by atoms with Crippen LogP contribution in [0.2, 0.25) is 0 Å². The number of carbonyl (C=O) groups is 2. The van der Waals surface area contributed by atoms with Crippen LogP contribution in [0.15, 0.2) is 114 Å². The summed E-state index contributed by atoms with van der Waals surface area (Å²) < 4.78 is 21.9. The lowest BCUT2D eigenvalue weighted by Gasteiger charge is -2.34. The van der Waals surface area contributed by atoms with Gasteiger partial charge in [-0.05, 0) is 111 Å². The second-order valence-electron chi connectivity index (χ2n) is 16.9. The molecular formula is C49H55FN4O3S. The van der Waals surface area contributed by atoms with Gasteiger partial charge in [-0.15, -0.1) is 11.3 Å². The zero-order chi connectivity index (χ0) is 40.8. The average molecular weight is 799 g/mol. The number of carbonyl (C=O) groups excluding carboxylic acids is 2. The molecular weight excluding hydrogens is 744 g/mol. The molecule has 3 aromatic heterocycles. The molecule has 302 valence electrons. The Kier molecular flexibility index (Phi) is 13.0. The molecule has 58 heavy (non-hydrogen) atoms. The number of allylic oxidation sites excluding steroid dienone is 9. The minimum Gasteiger partial charge on any atom is -0.453 e. The van der Waals surface area contributed by atoms with Crippen LogP contribution in [0, 0.1) is 17.2 Å². The van der Waals surface area contributed by atoms with E-state index in [4.69, 9.17) is 9.72 Å². The summed E-state index contributed by atoms with van der Waals surface area (Å²) in [5.41, 5.74) is 8.66. The van der Waals surface area contributed by atoms with Gasteiger partial charge >= 0.3 is 0 Å². The number of hydrogen-bond donors (Lipinski definition) is 0. The molecule has 9 heteroatoms. The summed E-state index contributed by atoms with van der Waals surface area (Å²) in [7, 11) is 0. The normalized spacial score (nSPS) is 18.2. The number of fused-ring (bicyclic) bond motifs is 1. The first-order valence-electron chi connectivity index (χ1n) is 20.6. The molecule has 4 heterocycles. The fraction of sp³-hybridized carbons (Fsp3) is 0.388. The van der Waals surface area contributed by atoms with Crippen LogP contribution in [0.3, 0.4) is 0 Å². The Balaban J connectivity index is 0.891. The molecule has 1 saturated heterocycles. The number of ketones is 1. The summed E-state index contributed by atoms with van der Waals surface area (Å²) in [5, 5.41) is 0. The Morgan fingerprint density at radius 2 is 1.76 bits per heavy atom. The van der Waals surface area contributed by atoms with Crippen molar-refractivity contribution in [1.82, 2.24) is 19.8 Å². The minimum atomic E-state index is -0.492. The molecule has 1 amide bonds.